The van der Waals surface area contributed by atoms with Crippen molar-refractivity contribution in [1.82, 2.24) is 20.2 Å². The maximum Gasteiger partial charge on any atom is 0.182 e. The van der Waals surface area contributed by atoms with Gasteiger partial charge < -0.3 is 4.98 Å². The summed E-state index contributed by atoms with van der Waals surface area (Å²) in [5, 5.41) is 9.32. The third-order valence-corrected chi connectivity index (χ3v) is 4.78. The molecular weight excluding hydrogens is 351 g/mol. The number of hydrogen-bond donors (Lipinski definition) is 2. The Morgan fingerprint density at radius 3 is 2.69 bits per heavy atom. The van der Waals surface area contributed by atoms with E-state index in [9.17, 15) is 4.39 Å². The topological polar surface area (TPSA) is 57.4 Å². The van der Waals surface area contributed by atoms with Crippen LogP contribution in [-0.4, -0.2) is 20.2 Å². The number of hydrogen-bond acceptors (Lipinski definition) is 2. The van der Waals surface area contributed by atoms with Crippen LogP contribution in [0, 0.1) is 5.82 Å². The lowest BCUT2D eigenvalue weighted by Gasteiger charge is -2.03. The summed E-state index contributed by atoms with van der Waals surface area (Å²) in [7, 11) is 0. The number of H-pyrrole nitrogens is 2. The Kier molecular flexibility index (Phi) is 3.30. The first kappa shape index (κ1) is 15.1. The van der Waals surface area contributed by atoms with Gasteiger partial charge in [-0.05, 0) is 41.8 Å². The van der Waals surface area contributed by atoms with Gasteiger partial charge in [0.2, 0.25) is 0 Å². The Balaban J connectivity index is 1.61. The fourth-order valence-electron chi connectivity index (χ4n) is 3.14. The molecule has 0 bridgehead atoms. The Morgan fingerprint density at radius 1 is 0.923 bits per heavy atom. The van der Waals surface area contributed by atoms with Crippen LogP contribution in [0.1, 0.15) is 0 Å². The molecule has 2 aromatic carbocycles. The van der Waals surface area contributed by atoms with Crippen molar-refractivity contribution >= 4 is 33.5 Å². The molecule has 5 rings (SSSR count). The molecule has 3 heterocycles. The average Bonchev–Trinajstić information content (AvgIpc) is 3.29. The van der Waals surface area contributed by atoms with Gasteiger partial charge in [-0.2, -0.15) is 5.10 Å². The first-order valence-electron chi connectivity index (χ1n) is 8.07. The lowest BCUT2D eigenvalue weighted by molar-refractivity contribution is 0.628. The molecule has 126 valence electrons. The fraction of sp³-hybridized carbons (Fsp3) is 0. The van der Waals surface area contributed by atoms with Crippen molar-refractivity contribution in [2.45, 2.75) is 0 Å². The number of aromatic amines is 2. The minimum atomic E-state index is -0.462. The molecule has 0 amide bonds. The average molecular weight is 363 g/mol. The second kappa shape index (κ2) is 5.68. The molecule has 4 nitrogen and oxygen atoms in total. The molecule has 0 radical (unpaired) electrons. The molecule has 5 aromatic rings. The summed E-state index contributed by atoms with van der Waals surface area (Å²) in [4.78, 5) is 7.85. The van der Waals surface area contributed by atoms with Crippen LogP contribution in [0.25, 0.3) is 44.5 Å². The Labute approximate surface area is 152 Å². The van der Waals surface area contributed by atoms with E-state index in [1.807, 2.05) is 30.5 Å². The van der Waals surface area contributed by atoms with Gasteiger partial charge in [-0.1, -0.05) is 29.8 Å². The van der Waals surface area contributed by atoms with Gasteiger partial charge in [-0.25, -0.2) is 9.37 Å². The predicted molar refractivity (Wildman–Crippen MR) is 102 cm³/mol. The highest BCUT2D eigenvalue weighted by Gasteiger charge is 2.12. The molecule has 0 aliphatic carbocycles. The zero-order valence-corrected chi connectivity index (χ0v) is 14.2. The predicted octanol–water partition coefficient (Wildman–Crippen LogP) is 5.57. The second-order valence-corrected chi connectivity index (χ2v) is 6.48. The molecule has 0 atom stereocenters. The van der Waals surface area contributed by atoms with Crippen LogP contribution in [0.2, 0.25) is 5.02 Å². The zero-order valence-electron chi connectivity index (χ0n) is 13.4. The van der Waals surface area contributed by atoms with Crippen molar-refractivity contribution in [2.75, 3.05) is 0 Å². The number of rotatable bonds is 2. The Bertz CT molecular complexity index is 1270. The second-order valence-electron chi connectivity index (χ2n) is 6.07. The summed E-state index contributed by atoms with van der Waals surface area (Å²) < 4.78 is 13.8. The molecule has 0 spiro atoms. The van der Waals surface area contributed by atoms with E-state index in [-0.39, 0.29) is 5.02 Å². The van der Waals surface area contributed by atoms with Crippen LogP contribution in [0.4, 0.5) is 4.39 Å². The molecular formula is C20H12ClFN4. The summed E-state index contributed by atoms with van der Waals surface area (Å²) >= 11 is 5.77. The lowest BCUT2D eigenvalue weighted by Crippen LogP contribution is -1.85. The highest BCUT2D eigenvalue weighted by molar-refractivity contribution is 6.30. The first-order valence-corrected chi connectivity index (χ1v) is 8.45. The third kappa shape index (κ3) is 2.36. The standard InChI is InChI=1S/C20H12ClFN4/c21-15-5-3-13(9-16(15)22)19-14-4-6-17(24-20(14)26-25-19)12-2-1-11-7-8-23-18(11)10-12/h1-10,23H,(H,24,25,26). The van der Waals surface area contributed by atoms with E-state index in [4.69, 9.17) is 11.6 Å². The fourth-order valence-corrected chi connectivity index (χ4v) is 3.26. The number of aromatic nitrogens is 4. The van der Waals surface area contributed by atoms with Gasteiger partial charge in [0.05, 0.1) is 16.4 Å². The molecule has 0 saturated heterocycles. The van der Waals surface area contributed by atoms with Crippen molar-refractivity contribution < 1.29 is 4.39 Å². The van der Waals surface area contributed by atoms with Crippen molar-refractivity contribution in [2.24, 2.45) is 0 Å². The number of nitrogens with one attached hydrogen (secondary N) is 2. The molecule has 0 fully saturated rings. The van der Waals surface area contributed by atoms with Gasteiger partial charge in [-0.15, -0.1) is 0 Å². The molecule has 0 saturated carbocycles. The summed E-state index contributed by atoms with van der Waals surface area (Å²) in [6, 6.07) is 16.7. The Morgan fingerprint density at radius 2 is 1.81 bits per heavy atom. The smallest absolute Gasteiger partial charge is 0.182 e. The molecule has 3 aromatic heterocycles. The lowest BCUT2D eigenvalue weighted by atomic mass is 10.1. The van der Waals surface area contributed by atoms with Crippen LogP contribution in [-0.2, 0) is 0 Å². The zero-order chi connectivity index (χ0) is 17.7. The van der Waals surface area contributed by atoms with E-state index in [1.54, 1.807) is 6.07 Å². The van der Waals surface area contributed by atoms with Gasteiger partial charge in [-0.3, -0.25) is 5.10 Å². The summed E-state index contributed by atoms with van der Waals surface area (Å²) in [6.07, 6.45) is 1.91. The van der Waals surface area contributed by atoms with E-state index in [1.165, 1.54) is 12.1 Å². The normalized spacial score (nSPS) is 11.5. The molecule has 2 N–H and O–H groups in total. The van der Waals surface area contributed by atoms with E-state index < -0.39 is 5.82 Å². The van der Waals surface area contributed by atoms with Crippen LogP contribution in [0.5, 0.6) is 0 Å². The van der Waals surface area contributed by atoms with Crippen molar-refractivity contribution in [3.05, 3.63) is 71.6 Å². The number of fused-ring (bicyclic) bond motifs is 2. The minimum absolute atomic E-state index is 0.0951. The number of benzene rings is 2. The minimum Gasteiger partial charge on any atom is -0.361 e. The molecule has 26 heavy (non-hydrogen) atoms. The quantitative estimate of drug-likeness (QED) is 0.431. The molecule has 0 aliphatic heterocycles. The van der Waals surface area contributed by atoms with Gasteiger partial charge in [0.1, 0.15) is 5.82 Å². The maximum absolute atomic E-state index is 13.8. The van der Waals surface area contributed by atoms with E-state index in [0.717, 1.165) is 33.2 Å². The highest BCUT2D eigenvalue weighted by Crippen LogP contribution is 2.30. The van der Waals surface area contributed by atoms with Crippen molar-refractivity contribution in [3.8, 4) is 22.5 Å². The third-order valence-electron chi connectivity index (χ3n) is 4.48. The van der Waals surface area contributed by atoms with Gasteiger partial charge in [0.15, 0.2) is 5.65 Å². The van der Waals surface area contributed by atoms with Gasteiger partial charge >= 0.3 is 0 Å². The van der Waals surface area contributed by atoms with Crippen LogP contribution in [0.15, 0.2) is 60.8 Å². The van der Waals surface area contributed by atoms with Gasteiger partial charge in [0, 0.05) is 28.2 Å². The molecule has 0 unspecified atom stereocenters. The highest BCUT2D eigenvalue weighted by atomic mass is 35.5. The van der Waals surface area contributed by atoms with Crippen molar-refractivity contribution in [3.63, 3.8) is 0 Å². The van der Waals surface area contributed by atoms with Crippen LogP contribution >= 0.6 is 11.6 Å². The summed E-state index contributed by atoms with van der Waals surface area (Å²) in [5.41, 5.74) is 4.87. The number of halogens is 2. The van der Waals surface area contributed by atoms with Crippen LogP contribution < -0.4 is 0 Å². The molecule has 6 heteroatoms. The molecule has 0 aliphatic rings. The summed E-state index contributed by atoms with van der Waals surface area (Å²) in [6.45, 7) is 0. The van der Waals surface area contributed by atoms with E-state index in [2.05, 4.69) is 32.3 Å². The maximum atomic E-state index is 13.8. The largest absolute Gasteiger partial charge is 0.361 e. The first-order chi connectivity index (χ1) is 12.7. The number of pyridine rings is 1. The van der Waals surface area contributed by atoms with Crippen molar-refractivity contribution in [1.29, 1.82) is 0 Å². The number of nitrogens with zero attached hydrogens (tertiary/aromatic N) is 2. The SMILES string of the molecule is Fc1cc(-c2[nH]nc3nc(-c4ccc5cc[nH]c5c4)ccc23)ccc1Cl. The van der Waals surface area contributed by atoms with E-state index in [0.29, 0.717) is 11.2 Å². The van der Waals surface area contributed by atoms with Crippen LogP contribution in [0.3, 0.4) is 0 Å². The monoisotopic (exact) mass is 362 g/mol. The Hall–Kier alpha value is -3.18. The van der Waals surface area contributed by atoms with E-state index >= 15 is 0 Å². The van der Waals surface area contributed by atoms with Gasteiger partial charge in [0.25, 0.3) is 0 Å². The summed E-state index contributed by atoms with van der Waals surface area (Å²) in [5.74, 6) is -0.462.